The van der Waals surface area contributed by atoms with Crippen LogP contribution in [0.5, 0.6) is 0 Å². The van der Waals surface area contributed by atoms with Gasteiger partial charge < -0.3 is 0 Å². The Labute approximate surface area is 235 Å². The SMILES string of the molecule is CC(C)c1cccc(C(C)C)c1N=C1C(=Nc2ccccc2Sc2ccccc2)c2cccc3cccc1c23. The first-order valence-electron chi connectivity index (χ1n) is 13.7. The Hall–Kier alpha value is -3.95. The van der Waals surface area contributed by atoms with Crippen LogP contribution in [0.3, 0.4) is 0 Å². The van der Waals surface area contributed by atoms with Crippen molar-refractivity contribution in [1.82, 2.24) is 0 Å². The van der Waals surface area contributed by atoms with Crippen molar-refractivity contribution in [2.45, 2.75) is 49.3 Å². The standard InChI is InChI=1S/C36H32N2S/c1-23(2)27-17-12-18-28(24(3)4)34(27)38-36-30-20-11-14-25-13-10-19-29(33(25)30)35(36)37-31-21-8-9-22-32(31)39-26-15-6-5-7-16-26/h5-24H,1-4H3. The molecule has 6 rings (SSSR count). The molecule has 192 valence electrons. The second kappa shape index (κ2) is 10.7. The third kappa shape index (κ3) is 4.84. The van der Waals surface area contributed by atoms with E-state index in [1.165, 1.54) is 26.8 Å². The zero-order valence-electron chi connectivity index (χ0n) is 22.8. The van der Waals surface area contributed by atoms with Crippen LogP contribution in [0.15, 0.2) is 129 Å². The molecule has 0 saturated heterocycles. The van der Waals surface area contributed by atoms with Gasteiger partial charge in [0.15, 0.2) is 0 Å². The van der Waals surface area contributed by atoms with Crippen LogP contribution in [0.25, 0.3) is 10.8 Å². The van der Waals surface area contributed by atoms with Crippen molar-refractivity contribution in [1.29, 1.82) is 0 Å². The number of nitrogens with zero attached hydrogens (tertiary/aromatic N) is 2. The molecule has 2 nitrogen and oxygen atoms in total. The van der Waals surface area contributed by atoms with E-state index in [4.69, 9.17) is 9.98 Å². The largest absolute Gasteiger partial charge is 0.245 e. The molecule has 0 saturated carbocycles. The van der Waals surface area contributed by atoms with Crippen LogP contribution in [0.4, 0.5) is 11.4 Å². The smallest absolute Gasteiger partial charge is 0.0979 e. The Kier molecular flexibility index (Phi) is 6.93. The van der Waals surface area contributed by atoms with Crippen LogP contribution in [-0.2, 0) is 0 Å². The van der Waals surface area contributed by atoms with Crippen LogP contribution < -0.4 is 0 Å². The molecular formula is C36H32N2S. The highest BCUT2D eigenvalue weighted by Gasteiger charge is 2.28. The van der Waals surface area contributed by atoms with Gasteiger partial charge in [0.25, 0.3) is 0 Å². The van der Waals surface area contributed by atoms with Crippen molar-refractivity contribution < 1.29 is 0 Å². The highest BCUT2D eigenvalue weighted by Crippen LogP contribution is 2.40. The Morgan fingerprint density at radius 3 is 1.74 bits per heavy atom. The van der Waals surface area contributed by atoms with Crippen LogP contribution in [0, 0.1) is 0 Å². The van der Waals surface area contributed by atoms with Crippen molar-refractivity contribution in [2.24, 2.45) is 9.98 Å². The third-order valence-electron chi connectivity index (χ3n) is 7.27. The predicted molar refractivity (Wildman–Crippen MR) is 168 cm³/mol. The van der Waals surface area contributed by atoms with Gasteiger partial charge in [0.1, 0.15) is 0 Å². The molecule has 3 heteroatoms. The van der Waals surface area contributed by atoms with Crippen molar-refractivity contribution in [3.63, 3.8) is 0 Å². The molecule has 0 aromatic heterocycles. The number of rotatable bonds is 6. The van der Waals surface area contributed by atoms with E-state index >= 15 is 0 Å². The second-order valence-corrected chi connectivity index (χ2v) is 11.7. The van der Waals surface area contributed by atoms with Gasteiger partial charge in [-0.2, -0.15) is 0 Å². The van der Waals surface area contributed by atoms with Gasteiger partial charge in [-0.3, -0.25) is 0 Å². The molecule has 0 aliphatic heterocycles. The molecule has 5 aromatic carbocycles. The molecular weight excluding hydrogens is 492 g/mol. The van der Waals surface area contributed by atoms with Gasteiger partial charge in [-0.1, -0.05) is 124 Å². The quantitative estimate of drug-likeness (QED) is 0.217. The van der Waals surface area contributed by atoms with E-state index in [2.05, 4.69) is 137 Å². The van der Waals surface area contributed by atoms with Gasteiger partial charge in [0, 0.05) is 26.3 Å². The first-order valence-corrected chi connectivity index (χ1v) is 14.5. The highest BCUT2D eigenvalue weighted by atomic mass is 32.2. The maximum Gasteiger partial charge on any atom is 0.0979 e. The predicted octanol–water partition coefficient (Wildman–Crippen LogP) is 10.5. The van der Waals surface area contributed by atoms with Crippen molar-refractivity contribution in [3.8, 4) is 0 Å². The number of hydrogen-bond donors (Lipinski definition) is 0. The Balaban J connectivity index is 1.60. The van der Waals surface area contributed by atoms with Gasteiger partial charge in [0.05, 0.1) is 22.8 Å². The summed E-state index contributed by atoms with van der Waals surface area (Å²) in [5, 5.41) is 2.45. The van der Waals surface area contributed by atoms with Gasteiger partial charge >= 0.3 is 0 Å². The van der Waals surface area contributed by atoms with E-state index in [1.54, 1.807) is 11.8 Å². The summed E-state index contributed by atoms with van der Waals surface area (Å²) in [6.07, 6.45) is 0. The van der Waals surface area contributed by atoms with E-state index in [9.17, 15) is 0 Å². The Morgan fingerprint density at radius 1 is 0.538 bits per heavy atom. The van der Waals surface area contributed by atoms with Crippen molar-refractivity contribution in [3.05, 3.63) is 131 Å². The lowest BCUT2D eigenvalue weighted by Gasteiger charge is -2.17. The normalized spacial score (nSPS) is 14.8. The average Bonchev–Trinajstić information content (AvgIpc) is 3.24. The van der Waals surface area contributed by atoms with Crippen LogP contribution in [0.1, 0.15) is 61.8 Å². The van der Waals surface area contributed by atoms with Gasteiger partial charge in [-0.25, -0.2) is 9.98 Å². The fourth-order valence-electron chi connectivity index (χ4n) is 5.34. The van der Waals surface area contributed by atoms with E-state index in [1.807, 2.05) is 0 Å². The fraction of sp³-hybridized carbons (Fsp3) is 0.167. The molecule has 0 amide bonds. The molecule has 0 unspecified atom stereocenters. The van der Waals surface area contributed by atoms with E-state index in [0.29, 0.717) is 11.8 Å². The summed E-state index contributed by atoms with van der Waals surface area (Å²) in [6.45, 7) is 9.00. The Morgan fingerprint density at radius 2 is 1.10 bits per heavy atom. The Bertz CT molecular complexity index is 1700. The summed E-state index contributed by atoms with van der Waals surface area (Å²) in [5.41, 5.74) is 8.79. The highest BCUT2D eigenvalue weighted by molar-refractivity contribution is 7.99. The molecule has 5 aromatic rings. The minimum absolute atomic E-state index is 0.367. The molecule has 0 fully saturated rings. The number of aliphatic imine (C=N–C) groups is 2. The molecule has 1 aliphatic carbocycles. The molecule has 39 heavy (non-hydrogen) atoms. The van der Waals surface area contributed by atoms with E-state index in [-0.39, 0.29) is 0 Å². The maximum absolute atomic E-state index is 5.51. The average molecular weight is 525 g/mol. The first-order chi connectivity index (χ1) is 19.0. The lowest BCUT2D eigenvalue weighted by molar-refractivity contribution is 0.835. The molecule has 0 heterocycles. The summed E-state index contributed by atoms with van der Waals surface area (Å²) in [5.74, 6) is 0.733. The molecule has 0 N–H and O–H groups in total. The zero-order chi connectivity index (χ0) is 26.9. The van der Waals surface area contributed by atoms with Crippen LogP contribution >= 0.6 is 11.8 Å². The van der Waals surface area contributed by atoms with E-state index < -0.39 is 0 Å². The van der Waals surface area contributed by atoms with Gasteiger partial charge in [-0.15, -0.1) is 0 Å². The monoisotopic (exact) mass is 524 g/mol. The molecule has 0 atom stereocenters. The van der Waals surface area contributed by atoms with Crippen LogP contribution in [0.2, 0.25) is 0 Å². The second-order valence-electron chi connectivity index (χ2n) is 10.6. The summed E-state index contributed by atoms with van der Waals surface area (Å²) in [4.78, 5) is 13.2. The molecule has 0 radical (unpaired) electrons. The topological polar surface area (TPSA) is 24.7 Å². The summed E-state index contributed by atoms with van der Waals surface area (Å²) in [6, 6.07) is 38.6. The van der Waals surface area contributed by atoms with E-state index in [0.717, 1.165) is 38.8 Å². The molecule has 0 bridgehead atoms. The lowest BCUT2D eigenvalue weighted by atomic mass is 9.92. The number of para-hydroxylation sites is 2. The molecule has 1 aliphatic rings. The number of hydrogen-bond acceptors (Lipinski definition) is 3. The number of benzene rings is 5. The summed E-state index contributed by atoms with van der Waals surface area (Å²) >= 11 is 1.74. The zero-order valence-corrected chi connectivity index (χ0v) is 23.7. The van der Waals surface area contributed by atoms with Crippen molar-refractivity contribution in [2.75, 3.05) is 0 Å². The molecule has 0 spiro atoms. The van der Waals surface area contributed by atoms with Crippen molar-refractivity contribution >= 4 is 45.3 Å². The summed E-state index contributed by atoms with van der Waals surface area (Å²) < 4.78 is 0. The van der Waals surface area contributed by atoms with Gasteiger partial charge in [-0.05, 0) is 52.6 Å². The maximum atomic E-state index is 5.51. The van der Waals surface area contributed by atoms with Crippen LogP contribution in [-0.4, -0.2) is 11.4 Å². The van der Waals surface area contributed by atoms with Gasteiger partial charge in [0.2, 0.25) is 0 Å². The third-order valence-corrected chi connectivity index (χ3v) is 8.35. The minimum atomic E-state index is 0.367. The first kappa shape index (κ1) is 25.3. The minimum Gasteiger partial charge on any atom is -0.245 e. The lowest BCUT2D eigenvalue weighted by Crippen LogP contribution is -2.11. The fourth-order valence-corrected chi connectivity index (χ4v) is 6.25. The summed E-state index contributed by atoms with van der Waals surface area (Å²) in [7, 11) is 0.